The number of rotatable bonds is 5. The van der Waals surface area contributed by atoms with Crippen LogP contribution in [0.2, 0.25) is 0 Å². The fourth-order valence-corrected chi connectivity index (χ4v) is 2.93. The molecule has 2 N–H and O–H groups in total. The Labute approximate surface area is 127 Å². The molecule has 1 atom stereocenters. The molecule has 2 rings (SSSR count). The summed E-state index contributed by atoms with van der Waals surface area (Å²) in [7, 11) is 3.96. The van der Waals surface area contributed by atoms with E-state index >= 15 is 0 Å². The summed E-state index contributed by atoms with van der Waals surface area (Å²) in [5.41, 5.74) is 6.52. The lowest BCUT2D eigenvalue weighted by Crippen LogP contribution is -2.31. The van der Waals surface area contributed by atoms with Gasteiger partial charge in [0.15, 0.2) is 0 Å². The van der Waals surface area contributed by atoms with Gasteiger partial charge in [-0.05, 0) is 48.9 Å². The Balaban J connectivity index is 2.17. The quantitative estimate of drug-likeness (QED) is 0.835. The predicted octanol–water partition coefficient (Wildman–Crippen LogP) is 0.352. The zero-order valence-corrected chi connectivity index (χ0v) is 13.6. The van der Waals surface area contributed by atoms with Gasteiger partial charge in [-0.15, -0.1) is 0 Å². The van der Waals surface area contributed by atoms with Crippen LogP contribution in [0.3, 0.4) is 0 Å². The molecule has 1 fully saturated rings. The highest BCUT2D eigenvalue weighted by atomic mass is 79.9. The van der Waals surface area contributed by atoms with Crippen molar-refractivity contribution in [1.29, 1.82) is 0 Å². The summed E-state index contributed by atoms with van der Waals surface area (Å²) in [6.45, 7) is 3.91. The van der Waals surface area contributed by atoms with E-state index in [9.17, 15) is 4.79 Å². The molecule has 0 spiro atoms. The molecule has 1 saturated heterocycles. The van der Waals surface area contributed by atoms with Crippen LogP contribution >= 0.6 is 15.9 Å². The van der Waals surface area contributed by atoms with E-state index in [-0.39, 0.29) is 5.56 Å². The van der Waals surface area contributed by atoms with Crippen LogP contribution in [0.4, 0.5) is 5.69 Å². The van der Waals surface area contributed by atoms with Crippen molar-refractivity contribution in [3.63, 3.8) is 0 Å². The molecule has 112 valence electrons. The molecule has 0 aromatic carbocycles. The molecule has 2 heterocycles. The molecule has 1 aliphatic rings. The zero-order chi connectivity index (χ0) is 14.7. The van der Waals surface area contributed by atoms with Crippen molar-refractivity contribution >= 4 is 21.6 Å². The van der Waals surface area contributed by atoms with E-state index in [0.29, 0.717) is 23.5 Å². The molecule has 0 bridgehead atoms. The first-order valence-corrected chi connectivity index (χ1v) is 7.67. The molecule has 1 aromatic rings. The molecule has 0 saturated carbocycles. The number of nitrogens with two attached hydrogens (primary N) is 1. The maximum Gasteiger partial charge on any atom is 0.283 e. The van der Waals surface area contributed by atoms with E-state index in [2.05, 4.69) is 25.9 Å². The van der Waals surface area contributed by atoms with Crippen LogP contribution in [0.5, 0.6) is 0 Å². The van der Waals surface area contributed by atoms with E-state index in [1.54, 1.807) is 6.20 Å². The van der Waals surface area contributed by atoms with Gasteiger partial charge in [0, 0.05) is 19.6 Å². The average Bonchev–Trinajstić information content (AvgIpc) is 2.89. The largest absolute Gasteiger partial charge is 0.369 e. The fourth-order valence-electron chi connectivity index (χ4n) is 2.37. The molecule has 0 aliphatic carbocycles. The molecule has 0 radical (unpaired) electrons. The molecule has 7 heteroatoms. The van der Waals surface area contributed by atoms with E-state index < -0.39 is 0 Å². The number of likely N-dealkylation sites (N-methyl/N-ethyl adjacent to an activating group) is 1. The summed E-state index contributed by atoms with van der Waals surface area (Å²) in [5.74, 6) is 0.512. The number of hydrogen-bond acceptors (Lipinski definition) is 5. The summed E-state index contributed by atoms with van der Waals surface area (Å²) < 4.78 is 2.10. The van der Waals surface area contributed by atoms with Crippen LogP contribution in [0, 0.1) is 5.92 Å². The SMILES string of the molecule is CN(C)CCn1ncc(N2CCC(CN)C2)c(Br)c1=O. The number of aromatic nitrogens is 2. The second-order valence-electron chi connectivity index (χ2n) is 5.51. The van der Waals surface area contributed by atoms with Crippen molar-refractivity contribution in [2.24, 2.45) is 11.7 Å². The van der Waals surface area contributed by atoms with Gasteiger partial charge >= 0.3 is 0 Å². The predicted molar refractivity (Wildman–Crippen MR) is 84.1 cm³/mol. The van der Waals surface area contributed by atoms with E-state index in [0.717, 1.165) is 31.7 Å². The lowest BCUT2D eigenvalue weighted by molar-refractivity contribution is 0.367. The van der Waals surface area contributed by atoms with E-state index in [4.69, 9.17) is 5.73 Å². The molecule has 0 amide bonds. The zero-order valence-electron chi connectivity index (χ0n) is 12.0. The Bertz CT molecular complexity index is 516. The Morgan fingerprint density at radius 1 is 1.55 bits per heavy atom. The lowest BCUT2D eigenvalue weighted by Gasteiger charge is -2.20. The summed E-state index contributed by atoms with van der Waals surface area (Å²) in [6.07, 6.45) is 2.85. The number of halogens is 1. The van der Waals surface area contributed by atoms with Crippen LogP contribution in [0.25, 0.3) is 0 Å². The van der Waals surface area contributed by atoms with Gasteiger partial charge in [-0.3, -0.25) is 4.79 Å². The minimum Gasteiger partial charge on any atom is -0.369 e. The monoisotopic (exact) mass is 343 g/mol. The summed E-state index contributed by atoms with van der Waals surface area (Å²) in [6, 6.07) is 0. The van der Waals surface area contributed by atoms with Gasteiger partial charge in [-0.2, -0.15) is 5.10 Å². The number of nitrogens with zero attached hydrogens (tertiary/aromatic N) is 4. The Morgan fingerprint density at radius 2 is 2.30 bits per heavy atom. The van der Waals surface area contributed by atoms with Gasteiger partial charge in [0.05, 0.1) is 18.4 Å². The second-order valence-corrected chi connectivity index (χ2v) is 6.30. The van der Waals surface area contributed by atoms with Crippen LogP contribution in [0.1, 0.15) is 6.42 Å². The first-order chi connectivity index (χ1) is 9.52. The molecular formula is C13H22BrN5O. The van der Waals surface area contributed by atoms with Gasteiger partial charge < -0.3 is 15.5 Å². The topological polar surface area (TPSA) is 67.4 Å². The fraction of sp³-hybridized carbons (Fsp3) is 0.692. The van der Waals surface area contributed by atoms with E-state index in [1.807, 2.05) is 19.0 Å². The smallest absolute Gasteiger partial charge is 0.283 e. The second kappa shape index (κ2) is 6.69. The van der Waals surface area contributed by atoms with E-state index in [1.165, 1.54) is 4.68 Å². The van der Waals surface area contributed by atoms with Crippen molar-refractivity contribution in [1.82, 2.24) is 14.7 Å². The standard InChI is InChI=1S/C13H22BrN5O/c1-17(2)5-6-19-13(20)12(14)11(8-16-19)18-4-3-10(7-15)9-18/h8,10H,3-7,9,15H2,1-2H3. The maximum atomic E-state index is 12.3. The number of anilines is 1. The molecule has 1 aromatic heterocycles. The summed E-state index contributed by atoms with van der Waals surface area (Å²) >= 11 is 3.43. The van der Waals surface area contributed by atoms with Gasteiger partial charge in [0.2, 0.25) is 0 Å². The normalized spacial score (nSPS) is 19.1. The van der Waals surface area contributed by atoms with Gasteiger partial charge in [-0.25, -0.2) is 4.68 Å². The van der Waals surface area contributed by atoms with Gasteiger partial charge in [-0.1, -0.05) is 0 Å². The van der Waals surface area contributed by atoms with Crippen LogP contribution in [-0.2, 0) is 6.54 Å². The third kappa shape index (κ3) is 3.39. The van der Waals surface area contributed by atoms with Crippen LogP contribution < -0.4 is 16.2 Å². The minimum atomic E-state index is -0.0689. The first kappa shape index (κ1) is 15.5. The Hall–Kier alpha value is -0.920. The van der Waals surface area contributed by atoms with Crippen molar-refractivity contribution in [2.45, 2.75) is 13.0 Å². The summed E-state index contributed by atoms with van der Waals surface area (Å²) in [5, 5.41) is 4.28. The number of hydrogen-bond donors (Lipinski definition) is 1. The average molecular weight is 344 g/mol. The van der Waals surface area contributed by atoms with Crippen molar-refractivity contribution in [3.05, 3.63) is 21.0 Å². The van der Waals surface area contributed by atoms with Crippen LogP contribution in [0.15, 0.2) is 15.5 Å². The van der Waals surface area contributed by atoms with Crippen LogP contribution in [-0.4, -0.2) is 55.0 Å². The summed E-state index contributed by atoms with van der Waals surface area (Å²) in [4.78, 5) is 16.5. The van der Waals surface area contributed by atoms with Gasteiger partial charge in [0.1, 0.15) is 4.47 Å². The first-order valence-electron chi connectivity index (χ1n) is 6.88. The molecule has 1 aliphatic heterocycles. The Morgan fingerprint density at radius 3 is 2.90 bits per heavy atom. The van der Waals surface area contributed by atoms with Crippen molar-refractivity contribution < 1.29 is 0 Å². The van der Waals surface area contributed by atoms with Crippen molar-refractivity contribution in [3.8, 4) is 0 Å². The highest BCUT2D eigenvalue weighted by Crippen LogP contribution is 2.27. The minimum absolute atomic E-state index is 0.0689. The highest BCUT2D eigenvalue weighted by molar-refractivity contribution is 9.10. The third-order valence-electron chi connectivity index (χ3n) is 3.69. The molecular weight excluding hydrogens is 322 g/mol. The Kier molecular flexibility index (Phi) is 5.17. The van der Waals surface area contributed by atoms with Crippen molar-refractivity contribution in [2.75, 3.05) is 45.2 Å². The maximum absolute atomic E-state index is 12.3. The van der Waals surface area contributed by atoms with Gasteiger partial charge in [0.25, 0.3) is 5.56 Å². The molecule has 6 nitrogen and oxygen atoms in total. The molecule has 1 unspecified atom stereocenters. The third-order valence-corrected chi connectivity index (χ3v) is 4.43. The molecule has 20 heavy (non-hydrogen) atoms. The highest BCUT2D eigenvalue weighted by Gasteiger charge is 2.24. The lowest BCUT2D eigenvalue weighted by atomic mass is 10.1.